The van der Waals surface area contributed by atoms with E-state index in [9.17, 15) is 4.79 Å². The first-order valence-corrected chi connectivity index (χ1v) is 6.56. The summed E-state index contributed by atoms with van der Waals surface area (Å²) in [6, 6.07) is 5.29. The molecule has 0 amide bonds. The SMILES string of the molecule is NC1CCCC1C(=O)Cc1c(Cl)cccc1Cl. The summed E-state index contributed by atoms with van der Waals surface area (Å²) < 4.78 is 0. The molecular weight excluding hydrogens is 257 g/mol. The van der Waals surface area contributed by atoms with Crippen LogP contribution in [0.4, 0.5) is 0 Å². The maximum absolute atomic E-state index is 12.1. The molecule has 1 aliphatic carbocycles. The highest BCUT2D eigenvalue weighted by Crippen LogP contribution is 2.29. The van der Waals surface area contributed by atoms with Crippen molar-refractivity contribution in [1.82, 2.24) is 0 Å². The molecule has 0 aromatic heterocycles. The minimum atomic E-state index is -0.0256. The van der Waals surface area contributed by atoms with E-state index in [2.05, 4.69) is 0 Å². The van der Waals surface area contributed by atoms with E-state index in [-0.39, 0.29) is 24.2 Å². The van der Waals surface area contributed by atoms with Gasteiger partial charge in [-0.25, -0.2) is 0 Å². The summed E-state index contributed by atoms with van der Waals surface area (Å²) in [6.07, 6.45) is 3.15. The highest BCUT2D eigenvalue weighted by atomic mass is 35.5. The lowest BCUT2D eigenvalue weighted by Crippen LogP contribution is -2.31. The fourth-order valence-corrected chi connectivity index (χ4v) is 2.93. The minimum Gasteiger partial charge on any atom is -0.327 e. The van der Waals surface area contributed by atoms with Gasteiger partial charge in [0.25, 0.3) is 0 Å². The van der Waals surface area contributed by atoms with Crippen LogP contribution in [0.5, 0.6) is 0 Å². The van der Waals surface area contributed by atoms with Gasteiger partial charge in [0.2, 0.25) is 0 Å². The van der Waals surface area contributed by atoms with Crippen LogP contribution in [0.25, 0.3) is 0 Å². The molecule has 1 aliphatic rings. The summed E-state index contributed by atoms with van der Waals surface area (Å²) in [5.41, 5.74) is 6.65. The normalized spacial score (nSPS) is 23.9. The van der Waals surface area contributed by atoms with E-state index in [1.165, 1.54) is 0 Å². The molecule has 92 valence electrons. The molecule has 0 heterocycles. The van der Waals surface area contributed by atoms with E-state index in [0.717, 1.165) is 24.8 Å². The molecule has 0 bridgehead atoms. The van der Waals surface area contributed by atoms with Gasteiger partial charge in [0.05, 0.1) is 0 Å². The van der Waals surface area contributed by atoms with Crippen molar-refractivity contribution in [1.29, 1.82) is 0 Å². The first-order valence-electron chi connectivity index (χ1n) is 5.81. The fraction of sp³-hybridized carbons (Fsp3) is 0.462. The summed E-state index contributed by atoms with van der Waals surface area (Å²) in [5, 5.41) is 1.11. The summed E-state index contributed by atoms with van der Waals surface area (Å²) in [4.78, 5) is 12.1. The van der Waals surface area contributed by atoms with Gasteiger partial charge in [-0.15, -0.1) is 0 Å². The van der Waals surface area contributed by atoms with Crippen molar-refractivity contribution >= 4 is 29.0 Å². The zero-order valence-corrected chi connectivity index (χ0v) is 11.0. The lowest BCUT2D eigenvalue weighted by molar-refractivity contribution is -0.122. The van der Waals surface area contributed by atoms with Crippen LogP contribution in [0.3, 0.4) is 0 Å². The van der Waals surface area contributed by atoms with Crippen molar-refractivity contribution in [3.8, 4) is 0 Å². The summed E-state index contributed by atoms with van der Waals surface area (Å²) in [5.74, 6) is 0.132. The molecule has 1 aromatic rings. The Morgan fingerprint density at radius 1 is 1.29 bits per heavy atom. The van der Waals surface area contributed by atoms with Gasteiger partial charge in [-0.2, -0.15) is 0 Å². The quantitative estimate of drug-likeness (QED) is 0.917. The van der Waals surface area contributed by atoms with Gasteiger partial charge in [0.1, 0.15) is 5.78 Å². The van der Waals surface area contributed by atoms with Crippen molar-refractivity contribution in [3.05, 3.63) is 33.8 Å². The summed E-state index contributed by atoms with van der Waals surface area (Å²) >= 11 is 12.1. The molecular formula is C13H15Cl2NO. The second-order valence-electron chi connectivity index (χ2n) is 4.54. The Morgan fingerprint density at radius 3 is 2.47 bits per heavy atom. The number of benzene rings is 1. The molecule has 1 saturated carbocycles. The monoisotopic (exact) mass is 271 g/mol. The third-order valence-electron chi connectivity index (χ3n) is 3.40. The van der Waals surface area contributed by atoms with Crippen LogP contribution in [0.2, 0.25) is 10.0 Å². The average molecular weight is 272 g/mol. The Bertz CT molecular complexity index is 413. The zero-order chi connectivity index (χ0) is 12.4. The third kappa shape index (κ3) is 2.82. The third-order valence-corrected chi connectivity index (χ3v) is 4.10. The molecule has 0 spiro atoms. The maximum Gasteiger partial charge on any atom is 0.141 e. The van der Waals surface area contributed by atoms with E-state index in [1.54, 1.807) is 18.2 Å². The summed E-state index contributed by atoms with van der Waals surface area (Å²) in [6.45, 7) is 0. The Balaban J connectivity index is 2.13. The van der Waals surface area contributed by atoms with Crippen LogP contribution in [0.15, 0.2) is 18.2 Å². The Labute approximate surface area is 111 Å². The number of carbonyl (C=O) groups is 1. The van der Waals surface area contributed by atoms with Crippen molar-refractivity contribution < 1.29 is 4.79 Å². The van der Waals surface area contributed by atoms with Crippen molar-refractivity contribution in [2.75, 3.05) is 0 Å². The number of hydrogen-bond acceptors (Lipinski definition) is 2. The number of Topliss-reactive ketones (excluding diaryl/α,β-unsaturated/α-hetero) is 1. The number of ketones is 1. The molecule has 4 heteroatoms. The number of rotatable bonds is 3. The second-order valence-corrected chi connectivity index (χ2v) is 5.36. The molecule has 2 rings (SSSR count). The average Bonchev–Trinajstić information content (AvgIpc) is 2.70. The molecule has 1 fully saturated rings. The Morgan fingerprint density at radius 2 is 1.94 bits per heavy atom. The molecule has 17 heavy (non-hydrogen) atoms. The molecule has 0 radical (unpaired) electrons. The number of carbonyl (C=O) groups excluding carboxylic acids is 1. The van der Waals surface area contributed by atoms with Crippen LogP contribution in [0, 0.1) is 5.92 Å². The summed E-state index contributed by atoms with van der Waals surface area (Å²) in [7, 11) is 0. The van der Waals surface area contributed by atoms with Crippen LogP contribution >= 0.6 is 23.2 Å². The largest absolute Gasteiger partial charge is 0.327 e. The molecule has 2 N–H and O–H groups in total. The number of hydrogen-bond donors (Lipinski definition) is 1. The molecule has 2 nitrogen and oxygen atoms in total. The number of halogens is 2. The van der Waals surface area contributed by atoms with Gasteiger partial charge in [0, 0.05) is 28.4 Å². The molecule has 0 saturated heterocycles. The lowest BCUT2D eigenvalue weighted by atomic mass is 9.94. The molecule has 2 atom stereocenters. The van der Waals surface area contributed by atoms with Crippen molar-refractivity contribution in [2.24, 2.45) is 11.7 Å². The van der Waals surface area contributed by atoms with Gasteiger partial charge in [-0.3, -0.25) is 4.79 Å². The molecule has 0 aliphatic heterocycles. The van der Waals surface area contributed by atoms with Crippen LogP contribution in [-0.2, 0) is 11.2 Å². The zero-order valence-electron chi connectivity index (χ0n) is 9.46. The van der Waals surface area contributed by atoms with Crippen LogP contribution in [0.1, 0.15) is 24.8 Å². The second kappa shape index (κ2) is 5.38. The van der Waals surface area contributed by atoms with E-state index >= 15 is 0 Å². The Kier molecular flexibility index (Phi) is 4.08. The van der Waals surface area contributed by atoms with E-state index < -0.39 is 0 Å². The van der Waals surface area contributed by atoms with E-state index in [0.29, 0.717) is 10.0 Å². The van der Waals surface area contributed by atoms with E-state index in [4.69, 9.17) is 28.9 Å². The lowest BCUT2D eigenvalue weighted by Gasteiger charge is -2.14. The van der Waals surface area contributed by atoms with Gasteiger partial charge in [0.15, 0.2) is 0 Å². The predicted molar refractivity (Wildman–Crippen MR) is 70.5 cm³/mol. The molecule has 1 aromatic carbocycles. The first kappa shape index (κ1) is 12.9. The predicted octanol–water partition coefficient (Wildman–Crippen LogP) is 3.23. The molecule has 2 unspecified atom stereocenters. The smallest absolute Gasteiger partial charge is 0.141 e. The van der Waals surface area contributed by atoms with Gasteiger partial charge < -0.3 is 5.73 Å². The van der Waals surface area contributed by atoms with Gasteiger partial charge in [-0.1, -0.05) is 35.7 Å². The van der Waals surface area contributed by atoms with E-state index in [1.807, 2.05) is 0 Å². The first-order chi connectivity index (χ1) is 8.09. The van der Waals surface area contributed by atoms with Gasteiger partial charge in [-0.05, 0) is 30.5 Å². The van der Waals surface area contributed by atoms with Crippen LogP contribution in [-0.4, -0.2) is 11.8 Å². The Hall–Kier alpha value is -0.570. The topological polar surface area (TPSA) is 43.1 Å². The van der Waals surface area contributed by atoms with Crippen LogP contribution < -0.4 is 5.73 Å². The minimum absolute atomic E-state index is 0.00348. The standard InChI is InChI=1S/C13H15Cl2NO/c14-10-4-2-5-11(15)9(10)7-13(17)8-3-1-6-12(8)16/h2,4-5,8,12H,1,3,6-7,16H2. The van der Waals surface area contributed by atoms with Crippen molar-refractivity contribution in [2.45, 2.75) is 31.7 Å². The highest BCUT2D eigenvalue weighted by molar-refractivity contribution is 6.36. The van der Waals surface area contributed by atoms with Gasteiger partial charge >= 0.3 is 0 Å². The number of nitrogens with two attached hydrogens (primary N) is 1. The maximum atomic E-state index is 12.1. The highest BCUT2D eigenvalue weighted by Gasteiger charge is 2.30. The fourth-order valence-electron chi connectivity index (χ4n) is 2.40. The van der Waals surface area contributed by atoms with Crippen molar-refractivity contribution in [3.63, 3.8) is 0 Å².